The van der Waals surface area contributed by atoms with E-state index in [2.05, 4.69) is 5.32 Å². The Morgan fingerprint density at radius 1 is 0.969 bits per heavy atom. The number of carbonyl (C=O) groups excluding carboxylic acids is 2. The fourth-order valence-corrected chi connectivity index (χ4v) is 3.66. The molecule has 3 aromatic rings. The second kappa shape index (κ2) is 8.43. The molecule has 0 aromatic heterocycles. The van der Waals surface area contributed by atoms with Gasteiger partial charge >= 0.3 is 0 Å². The number of methoxy groups -OCH3 is 1. The van der Waals surface area contributed by atoms with Gasteiger partial charge in [-0.2, -0.15) is 0 Å². The zero-order chi connectivity index (χ0) is 23.0. The van der Waals surface area contributed by atoms with Gasteiger partial charge in [-0.1, -0.05) is 35.9 Å². The van der Waals surface area contributed by atoms with Crippen molar-refractivity contribution in [1.82, 2.24) is 0 Å². The molecule has 8 heteroatoms. The predicted octanol–water partition coefficient (Wildman–Crippen LogP) is 5.33. The Labute approximate surface area is 187 Å². The number of ether oxygens (including phenoxy) is 1. The molecule has 2 amide bonds. The van der Waals surface area contributed by atoms with Crippen molar-refractivity contribution in [3.63, 3.8) is 0 Å². The number of benzene rings is 3. The molecule has 0 fully saturated rings. The van der Waals surface area contributed by atoms with Gasteiger partial charge in [-0.15, -0.1) is 0 Å². The van der Waals surface area contributed by atoms with Crippen LogP contribution in [-0.2, 0) is 9.59 Å². The van der Waals surface area contributed by atoms with Crippen molar-refractivity contribution in [2.75, 3.05) is 17.3 Å². The van der Waals surface area contributed by atoms with E-state index in [0.29, 0.717) is 33.0 Å². The zero-order valence-corrected chi connectivity index (χ0v) is 17.8. The topological polar surface area (TPSA) is 58.6 Å². The normalized spacial score (nSPS) is 13.7. The van der Waals surface area contributed by atoms with Crippen LogP contribution in [0.3, 0.4) is 0 Å². The van der Waals surface area contributed by atoms with Crippen molar-refractivity contribution >= 4 is 40.4 Å². The average molecular weight is 455 g/mol. The molecule has 1 N–H and O–H groups in total. The summed E-state index contributed by atoms with van der Waals surface area (Å²) in [4.78, 5) is 27.5. The van der Waals surface area contributed by atoms with Crippen molar-refractivity contribution in [3.8, 4) is 5.75 Å². The van der Waals surface area contributed by atoms with E-state index in [1.165, 1.54) is 7.11 Å². The van der Waals surface area contributed by atoms with Gasteiger partial charge in [-0.05, 0) is 42.8 Å². The summed E-state index contributed by atoms with van der Waals surface area (Å²) in [6.45, 7) is 1.81. The molecule has 4 rings (SSSR count). The maximum absolute atomic E-state index is 14.5. The number of anilines is 2. The van der Waals surface area contributed by atoms with E-state index in [0.717, 1.165) is 17.7 Å². The molecule has 0 unspecified atom stereocenters. The summed E-state index contributed by atoms with van der Waals surface area (Å²) in [6, 6.07) is 14.4. The summed E-state index contributed by atoms with van der Waals surface area (Å²) in [7, 11) is 1.44. The third-order valence-corrected chi connectivity index (χ3v) is 5.31. The summed E-state index contributed by atoms with van der Waals surface area (Å²) < 4.78 is 33.3. The molecule has 0 aliphatic carbocycles. The lowest BCUT2D eigenvalue weighted by atomic mass is 10.0. The number of hydrogen-bond acceptors (Lipinski definition) is 4. The van der Waals surface area contributed by atoms with Crippen LogP contribution >= 0.6 is 11.6 Å². The van der Waals surface area contributed by atoms with Gasteiger partial charge in [0.25, 0.3) is 11.8 Å². The maximum Gasteiger partial charge on any atom is 0.282 e. The molecule has 32 heavy (non-hydrogen) atoms. The highest BCUT2D eigenvalue weighted by atomic mass is 35.5. The molecule has 3 aromatic carbocycles. The van der Waals surface area contributed by atoms with Crippen molar-refractivity contribution in [2.24, 2.45) is 0 Å². The van der Waals surface area contributed by atoms with E-state index in [1.807, 2.05) is 0 Å². The van der Waals surface area contributed by atoms with Gasteiger partial charge in [-0.3, -0.25) is 9.59 Å². The van der Waals surface area contributed by atoms with Crippen molar-refractivity contribution in [3.05, 3.63) is 94.1 Å². The lowest BCUT2D eigenvalue weighted by Crippen LogP contribution is -2.33. The molecule has 1 heterocycles. The van der Waals surface area contributed by atoms with Crippen LogP contribution in [0.1, 0.15) is 11.1 Å². The van der Waals surface area contributed by atoms with E-state index < -0.39 is 23.4 Å². The summed E-state index contributed by atoms with van der Waals surface area (Å²) >= 11 is 6.11. The number of nitrogens with one attached hydrogen (secondary N) is 1. The Hall–Kier alpha value is -3.71. The van der Waals surface area contributed by atoms with Gasteiger partial charge in [0, 0.05) is 22.3 Å². The van der Waals surface area contributed by atoms with E-state index in [4.69, 9.17) is 16.3 Å². The molecular weight excluding hydrogens is 438 g/mol. The molecule has 0 radical (unpaired) electrons. The highest BCUT2D eigenvalue weighted by molar-refractivity contribution is 6.46. The minimum Gasteiger partial charge on any atom is -0.496 e. The fraction of sp³-hybridized carbons (Fsp3) is 0.0833. The van der Waals surface area contributed by atoms with Crippen molar-refractivity contribution in [2.45, 2.75) is 6.92 Å². The van der Waals surface area contributed by atoms with Crippen LogP contribution in [-0.4, -0.2) is 18.9 Å². The van der Waals surface area contributed by atoms with Gasteiger partial charge in [-0.25, -0.2) is 13.7 Å². The van der Waals surface area contributed by atoms with Crippen LogP contribution in [0.5, 0.6) is 5.75 Å². The monoisotopic (exact) mass is 454 g/mol. The summed E-state index contributed by atoms with van der Waals surface area (Å²) in [5.41, 5.74) is 1.19. The van der Waals surface area contributed by atoms with Gasteiger partial charge in [0.2, 0.25) is 0 Å². The average Bonchev–Trinajstić information content (AvgIpc) is 3.00. The second-order valence-electron chi connectivity index (χ2n) is 7.08. The molecule has 1 aliphatic rings. The molecule has 0 saturated carbocycles. The predicted molar refractivity (Wildman–Crippen MR) is 119 cm³/mol. The number of hydrogen-bond donors (Lipinski definition) is 1. The first-order chi connectivity index (χ1) is 15.3. The molecule has 0 atom stereocenters. The van der Waals surface area contributed by atoms with Crippen LogP contribution in [0.15, 0.2) is 66.4 Å². The van der Waals surface area contributed by atoms with E-state index in [-0.39, 0.29) is 17.0 Å². The molecule has 162 valence electrons. The van der Waals surface area contributed by atoms with Crippen molar-refractivity contribution in [1.29, 1.82) is 0 Å². The van der Waals surface area contributed by atoms with Gasteiger partial charge in [0.1, 0.15) is 23.1 Å². The number of rotatable bonds is 5. The Kier molecular flexibility index (Phi) is 5.67. The van der Waals surface area contributed by atoms with Crippen LogP contribution in [0, 0.1) is 18.6 Å². The number of aryl methyl sites for hydroxylation is 1. The lowest BCUT2D eigenvalue weighted by molar-refractivity contribution is -0.120. The fourth-order valence-electron chi connectivity index (χ4n) is 3.49. The second-order valence-corrected chi connectivity index (χ2v) is 7.51. The Morgan fingerprint density at radius 3 is 2.44 bits per heavy atom. The Balaban J connectivity index is 1.91. The van der Waals surface area contributed by atoms with Gasteiger partial charge in [0.15, 0.2) is 0 Å². The first kappa shape index (κ1) is 21.5. The van der Waals surface area contributed by atoms with Crippen LogP contribution < -0.4 is 15.0 Å². The number of imide groups is 1. The maximum atomic E-state index is 14.5. The SMILES string of the molecule is COc1ccccc1C1=C(Nc2cc(Cl)ccc2C)C(=O)N(c2ccc(F)cc2F)C1=O. The first-order valence-electron chi connectivity index (χ1n) is 9.56. The van der Waals surface area contributed by atoms with Crippen LogP contribution in [0.2, 0.25) is 5.02 Å². The third-order valence-electron chi connectivity index (χ3n) is 5.07. The smallest absolute Gasteiger partial charge is 0.282 e. The number of nitrogens with zero attached hydrogens (tertiary/aromatic N) is 1. The minimum atomic E-state index is -1.04. The number of carbonyl (C=O) groups is 2. The van der Waals surface area contributed by atoms with E-state index in [1.54, 1.807) is 49.4 Å². The van der Waals surface area contributed by atoms with E-state index >= 15 is 0 Å². The molecule has 1 aliphatic heterocycles. The highest BCUT2D eigenvalue weighted by Gasteiger charge is 2.42. The number of halogens is 3. The van der Waals surface area contributed by atoms with Gasteiger partial charge < -0.3 is 10.1 Å². The van der Waals surface area contributed by atoms with Crippen molar-refractivity contribution < 1.29 is 23.1 Å². The summed E-state index contributed by atoms with van der Waals surface area (Å²) in [6.07, 6.45) is 0. The largest absolute Gasteiger partial charge is 0.496 e. The quantitative estimate of drug-likeness (QED) is 0.529. The standard InChI is InChI=1S/C24H17ClF2N2O3/c1-13-7-8-14(25)11-18(13)28-22-21(16-5-3-4-6-20(16)32-2)23(30)29(24(22)31)19-10-9-15(26)12-17(19)27/h3-12,28H,1-2H3. The molecule has 0 saturated heterocycles. The first-order valence-corrected chi connectivity index (χ1v) is 9.94. The summed E-state index contributed by atoms with van der Waals surface area (Å²) in [5, 5.41) is 3.42. The van der Waals surface area contributed by atoms with E-state index in [9.17, 15) is 18.4 Å². The Bertz CT molecular complexity index is 1290. The van der Waals surface area contributed by atoms with Crippen LogP contribution in [0.25, 0.3) is 5.57 Å². The summed E-state index contributed by atoms with van der Waals surface area (Å²) in [5.74, 6) is -3.07. The van der Waals surface area contributed by atoms with Crippen LogP contribution in [0.4, 0.5) is 20.2 Å². The molecular formula is C24H17ClF2N2O3. The number of para-hydroxylation sites is 1. The highest BCUT2D eigenvalue weighted by Crippen LogP contribution is 2.38. The number of amides is 2. The molecule has 0 bridgehead atoms. The third kappa shape index (κ3) is 3.71. The lowest BCUT2D eigenvalue weighted by Gasteiger charge is -2.16. The Morgan fingerprint density at radius 2 is 1.72 bits per heavy atom. The van der Waals surface area contributed by atoms with Gasteiger partial charge in [0.05, 0.1) is 18.4 Å². The minimum absolute atomic E-state index is 0.00412. The molecule has 5 nitrogen and oxygen atoms in total. The molecule has 0 spiro atoms. The zero-order valence-electron chi connectivity index (χ0n) is 17.1.